The van der Waals surface area contributed by atoms with Gasteiger partial charge in [0.25, 0.3) is 0 Å². The van der Waals surface area contributed by atoms with Crippen LogP contribution in [-0.2, 0) is 4.79 Å². The number of fused-ring (bicyclic) bond motifs is 1. The molecule has 0 aromatic heterocycles. The molecule has 0 bridgehead atoms. The normalized spacial score (nSPS) is 18.3. The van der Waals surface area contributed by atoms with Crippen LogP contribution in [0.15, 0.2) is 12.1 Å². The largest absolute Gasteiger partial charge is 0.311 e. The van der Waals surface area contributed by atoms with E-state index in [-0.39, 0.29) is 11.9 Å². The van der Waals surface area contributed by atoms with E-state index in [0.29, 0.717) is 0 Å². The Kier molecular flexibility index (Phi) is 3.71. The van der Waals surface area contributed by atoms with Gasteiger partial charge in [-0.25, -0.2) is 0 Å². The highest BCUT2D eigenvalue weighted by molar-refractivity contribution is 6.05. The van der Waals surface area contributed by atoms with Gasteiger partial charge < -0.3 is 10.2 Å². The molecule has 1 heterocycles. The number of nitrogens with zero attached hydrogens (tertiary/aromatic N) is 1. The molecule has 3 nitrogen and oxygen atoms in total. The standard InChI is InChI=1S/C15H22N2O/c1-5-7-16-14-13-11(4)8-10(3)9-12(13)17(6-2)15(14)18/h8-9,14,16H,5-7H2,1-4H3. The number of rotatable bonds is 4. The van der Waals surface area contributed by atoms with E-state index in [0.717, 1.165) is 25.2 Å². The van der Waals surface area contributed by atoms with Crippen LogP contribution in [0, 0.1) is 13.8 Å². The van der Waals surface area contributed by atoms with Crippen molar-refractivity contribution >= 4 is 11.6 Å². The maximum atomic E-state index is 12.4. The smallest absolute Gasteiger partial charge is 0.248 e. The van der Waals surface area contributed by atoms with E-state index in [1.807, 2.05) is 11.8 Å². The Labute approximate surface area is 109 Å². The summed E-state index contributed by atoms with van der Waals surface area (Å²) in [6.45, 7) is 9.94. The first-order chi connectivity index (χ1) is 8.60. The van der Waals surface area contributed by atoms with Crippen LogP contribution in [0.1, 0.15) is 43.0 Å². The van der Waals surface area contributed by atoms with Crippen LogP contribution in [-0.4, -0.2) is 19.0 Å². The van der Waals surface area contributed by atoms with E-state index >= 15 is 0 Å². The summed E-state index contributed by atoms with van der Waals surface area (Å²) in [7, 11) is 0. The summed E-state index contributed by atoms with van der Waals surface area (Å²) in [4.78, 5) is 14.3. The second kappa shape index (κ2) is 5.11. The van der Waals surface area contributed by atoms with Crippen LogP contribution in [0.4, 0.5) is 5.69 Å². The van der Waals surface area contributed by atoms with Crippen molar-refractivity contribution in [1.82, 2.24) is 5.32 Å². The zero-order valence-electron chi connectivity index (χ0n) is 11.7. The Hall–Kier alpha value is -1.35. The highest BCUT2D eigenvalue weighted by Crippen LogP contribution is 2.38. The number of hydrogen-bond donors (Lipinski definition) is 1. The number of nitrogens with one attached hydrogen (secondary N) is 1. The third-order valence-electron chi connectivity index (χ3n) is 3.52. The minimum absolute atomic E-state index is 0.152. The first-order valence-electron chi connectivity index (χ1n) is 6.76. The molecule has 2 rings (SSSR count). The van der Waals surface area contributed by atoms with Crippen LogP contribution in [0.5, 0.6) is 0 Å². The molecule has 0 spiro atoms. The van der Waals surface area contributed by atoms with Crippen molar-refractivity contribution in [3.63, 3.8) is 0 Å². The molecule has 1 amide bonds. The van der Waals surface area contributed by atoms with Gasteiger partial charge in [0.15, 0.2) is 0 Å². The lowest BCUT2D eigenvalue weighted by Gasteiger charge is -2.15. The number of carbonyl (C=O) groups is 1. The van der Waals surface area contributed by atoms with Crippen LogP contribution >= 0.6 is 0 Å². The fourth-order valence-electron chi connectivity index (χ4n) is 2.76. The minimum atomic E-state index is -0.152. The Bertz CT molecular complexity index is 468. The molecule has 0 fully saturated rings. The molecule has 1 aromatic carbocycles. The lowest BCUT2D eigenvalue weighted by Crippen LogP contribution is -2.34. The van der Waals surface area contributed by atoms with E-state index in [1.165, 1.54) is 16.7 Å². The summed E-state index contributed by atoms with van der Waals surface area (Å²) < 4.78 is 0. The van der Waals surface area contributed by atoms with Crippen molar-refractivity contribution in [3.05, 3.63) is 28.8 Å². The molecular formula is C15H22N2O. The van der Waals surface area contributed by atoms with Gasteiger partial charge in [0, 0.05) is 17.8 Å². The van der Waals surface area contributed by atoms with Crippen molar-refractivity contribution < 1.29 is 4.79 Å². The third kappa shape index (κ3) is 2.03. The van der Waals surface area contributed by atoms with Gasteiger partial charge in [-0.2, -0.15) is 0 Å². The topological polar surface area (TPSA) is 32.3 Å². The van der Waals surface area contributed by atoms with E-state index in [4.69, 9.17) is 0 Å². The molecule has 1 N–H and O–H groups in total. The van der Waals surface area contributed by atoms with Crippen molar-refractivity contribution in [1.29, 1.82) is 0 Å². The highest BCUT2D eigenvalue weighted by atomic mass is 16.2. The van der Waals surface area contributed by atoms with Crippen LogP contribution in [0.25, 0.3) is 0 Å². The molecule has 1 atom stereocenters. The maximum Gasteiger partial charge on any atom is 0.248 e. The highest BCUT2D eigenvalue weighted by Gasteiger charge is 2.37. The molecular weight excluding hydrogens is 224 g/mol. The van der Waals surface area contributed by atoms with Crippen molar-refractivity contribution in [2.24, 2.45) is 0 Å². The Balaban J connectivity index is 2.46. The molecule has 1 aliphatic heterocycles. The molecule has 0 saturated heterocycles. The lowest BCUT2D eigenvalue weighted by molar-refractivity contribution is -0.119. The quantitative estimate of drug-likeness (QED) is 0.886. The predicted octanol–water partition coefficient (Wildman–Crippen LogP) is 2.71. The molecule has 0 saturated carbocycles. The maximum absolute atomic E-state index is 12.4. The van der Waals surface area contributed by atoms with Crippen molar-refractivity contribution in [2.75, 3.05) is 18.0 Å². The van der Waals surface area contributed by atoms with Gasteiger partial charge >= 0.3 is 0 Å². The zero-order chi connectivity index (χ0) is 13.3. The SMILES string of the molecule is CCCNC1C(=O)N(CC)c2cc(C)cc(C)c21. The molecule has 0 aliphatic carbocycles. The molecule has 0 radical (unpaired) electrons. The molecule has 98 valence electrons. The Morgan fingerprint density at radius 1 is 1.28 bits per heavy atom. The van der Waals surface area contributed by atoms with E-state index in [2.05, 4.69) is 38.2 Å². The van der Waals surface area contributed by atoms with Crippen molar-refractivity contribution in [3.8, 4) is 0 Å². The summed E-state index contributed by atoms with van der Waals surface area (Å²) in [5.74, 6) is 0.189. The van der Waals surface area contributed by atoms with Gasteiger partial charge in [0.05, 0.1) is 0 Å². The van der Waals surface area contributed by atoms with E-state index in [9.17, 15) is 4.79 Å². The number of aryl methyl sites for hydroxylation is 2. The third-order valence-corrected chi connectivity index (χ3v) is 3.52. The second-order valence-corrected chi connectivity index (χ2v) is 4.98. The summed E-state index contributed by atoms with van der Waals surface area (Å²) >= 11 is 0. The number of anilines is 1. The average Bonchev–Trinajstić information content (AvgIpc) is 2.58. The average molecular weight is 246 g/mol. The van der Waals surface area contributed by atoms with E-state index < -0.39 is 0 Å². The van der Waals surface area contributed by atoms with Crippen LogP contribution < -0.4 is 10.2 Å². The predicted molar refractivity (Wildman–Crippen MR) is 75.0 cm³/mol. The number of likely N-dealkylation sites (N-methyl/N-ethyl adjacent to an activating group) is 1. The number of carbonyl (C=O) groups excluding carboxylic acids is 1. The van der Waals surface area contributed by atoms with Crippen LogP contribution in [0.3, 0.4) is 0 Å². The molecule has 18 heavy (non-hydrogen) atoms. The van der Waals surface area contributed by atoms with Crippen molar-refractivity contribution in [2.45, 2.75) is 40.2 Å². The number of amides is 1. The molecule has 1 aliphatic rings. The number of benzene rings is 1. The molecule has 1 aromatic rings. The fourth-order valence-corrected chi connectivity index (χ4v) is 2.76. The second-order valence-electron chi connectivity index (χ2n) is 4.98. The summed E-state index contributed by atoms with van der Waals surface area (Å²) in [6.07, 6.45) is 1.04. The van der Waals surface area contributed by atoms with Gasteiger partial charge in [0.2, 0.25) is 5.91 Å². The summed E-state index contributed by atoms with van der Waals surface area (Å²) in [6, 6.07) is 4.13. The molecule has 3 heteroatoms. The summed E-state index contributed by atoms with van der Waals surface area (Å²) in [5.41, 5.74) is 4.69. The minimum Gasteiger partial charge on any atom is -0.311 e. The van der Waals surface area contributed by atoms with Gasteiger partial charge in [-0.05, 0) is 50.9 Å². The monoisotopic (exact) mass is 246 g/mol. The van der Waals surface area contributed by atoms with Crippen LogP contribution in [0.2, 0.25) is 0 Å². The Morgan fingerprint density at radius 3 is 2.61 bits per heavy atom. The summed E-state index contributed by atoms with van der Waals surface area (Å²) in [5, 5.41) is 3.37. The van der Waals surface area contributed by atoms with Gasteiger partial charge in [0.1, 0.15) is 6.04 Å². The van der Waals surface area contributed by atoms with E-state index in [1.54, 1.807) is 0 Å². The first-order valence-corrected chi connectivity index (χ1v) is 6.76. The van der Waals surface area contributed by atoms with Gasteiger partial charge in [-0.15, -0.1) is 0 Å². The molecule has 1 unspecified atom stereocenters. The lowest BCUT2D eigenvalue weighted by atomic mass is 10.00. The first kappa shape index (κ1) is 13.1. The fraction of sp³-hybridized carbons (Fsp3) is 0.533. The van der Waals surface area contributed by atoms with Gasteiger partial charge in [-0.3, -0.25) is 4.79 Å². The zero-order valence-corrected chi connectivity index (χ0v) is 11.7. The van der Waals surface area contributed by atoms with Gasteiger partial charge in [-0.1, -0.05) is 13.0 Å². The Morgan fingerprint density at radius 2 is 2.00 bits per heavy atom. The number of hydrogen-bond acceptors (Lipinski definition) is 2.